The fraction of sp³-hybridized carbons (Fsp3) is 0.143. The van der Waals surface area contributed by atoms with Gasteiger partial charge in [0.1, 0.15) is 11.3 Å². The van der Waals surface area contributed by atoms with Crippen LogP contribution in [0.15, 0.2) is 64.6 Å². The number of hydrogen-bond donors (Lipinski definition) is 3. The van der Waals surface area contributed by atoms with Crippen molar-refractivity contribution in [1.29, 1.82) is 0 Å². The van der Waals surface area contributed by atoms with Crippen molar-refractivity contribution in [3.05, 3.63) is 81.3 Å². The summed E-state index contributed by atoms with van der Waals surface area (Å²) in [7, 11) is 1.41. The van der Waals surface area contributed by atoms with Gasteiger partial charge in [-0.3, -0.25) is 19.7 Å². The molecule has 200 valence electrons. The van der Waals surface area contributed by atoms with E-state index in [0.717, 1.165) is 16.0 Å². The van der Waals surface area contributed by atoms with E-state index in [4.69, 9.17) is 9.47 Å². The van der Waals surface area contributed by atoms with Crippen LogP contribution in [0.3, 0.4) is 0 Å². The topological polar surface area (TPSA) is 134 Å². The molecule has 10 nitrogen and oxygen atoms in total. The predicted molar refractivity (Wildman–Crippen MR) is 148 cm³/mol. The normalized spacial score (nSPS) is 14.3. The number of nitrogens with one attached hydrogen (secondary N) is 2. The second kappa shape index (κ2) is 11.4. The van der Waals surface area contributed by atoms with E-state index in [9.17, 15) is 24.3 Å². The van der Waals surface area contributed by atoms with Crippen LogP contribution in [0.25, 0.3) is 6.08 Å². The number of urea groups is 1. The van der Waals surface area contributed by atoms with Gasteiger partial charge < -0.3 is 19.9 Å². The van der Waals surface area contributed by atoms with E-state index in [1.807, 2.05) is 26.0 Å². The second-order valence-corrected chi connectivity index (χ2v) is 9.45. The van der Waals surface area contributed by atoms with Gasteiger partial charge in [-0.15, -0.1) is 0 Å². The molecule has 0 atom stereocenters. The fourth-order valence-electron chi connectivity index (χ4n) is 3.83. The number of halogens is 1. The summed E-state index contributed by atoms with van der Waals surface area (Å²) < 4.78 is 11.6. The highest BCUT2D eigenvalue weighted by molar-refractivity contribution is 9.10. The molecule has 1 saturated heterocycles. The molecule has 0 spiro atoms. The Balaban J connectivity index is 1.55. The highest BCUT2D eigenvalue weighted by atomic mass is 79.9. The Morgan fingerprint density at radius 1 is 1.10 bits per heavy atom. The predicted octanol–water partition coefficient (Wildman–Crippen LogP) is 4.46. The average Bonchev–Trinajstić information content (AvgIpc) is 2.89. The van der Waals surface area contributed by atoms with Gasteiger partial charge >= 0.3 is 6.03 Å². The van der Waals surface area contributed by atoms with Crippen molar-refractivity contribution in [3.63, 3.8) is 0 Å². The third kappa shape index (κ3) is 5.93. The maximum absolute atomic E-state index is 13.1. The number of aromatic hydroxyl groups is 1. The molecule has 1 fully saturated rings. The van der Waals surface area contributed by atoms with Crippen LogP contribution < -0.4 is 25.0 Å². The van der Waals surface area contributed by atoms with Crippen LogP contribution in [0, 0.1) is 13.8 Å². The molecular weight excluding hydrogens is 570 g/mol. The van der Waals surface area contributed by atoms with Gasteiger partial charge in [0.05, 0.1) is 17.3 Å². The Bertz CT molecular complexity index is 1520. The number of nitrogens with zero attached hydrogens (tertiary/aromatic N) is 1. The number of carbonyl (C=O) groups excluding carboxylic acids is 4. The van der Waals surface area contributed by atoms with Crippen molar-refractivity contribution < 1.29 is 33.8 Å². The number of rotatable bonds is 7. The Kier molecular flexibility index (Phi) is 8.01. The quantitative estimate of drug-likeness (QED) is 0.272. The molecule has 1 aliphatic heterocycles. The molecule has 0 aliphatic carbocycles. The molecule has 0 aromatic heterocycles. The third-order valence-corrected chi connectivity index (χ3v) is 6.59. The van der Waals surface area contributed by atoms with E-state index in [0.29, 0.717) is 15.7 Å². The summed E-state index contributed by atoms with van der Waals surface area (Å²) in [6.45, 7) is 3.57. The highest BCUT2D eigenvalue weighted by Crippen LogP contribution is 2.37. The number of amides is 5. The molecule has 3 aromatic rings. The van der Waals surface area contributed by atoms with Crippen LogP contribution in [0.5, 0.6) is 17.2 Å². The average molecular weight is 594 g/mol. The summed E-state index contributed by atoms with van der Waals surface area (Å²) in [6.07, 6.45) is 1.31. The van der Waals surface area contributed by atoms with Gasteiger partial charge in [-0.05, 0) is 95.0 Å². The van der Waals surface area contributed by atoms with E-state index in [1.165, 1.54) is 43.5 Å². The molecule has 0 radical (unpaired) electrons. The van der Waals surface area contributed by atoms with Crippen molar-refractivity contribution in [2.75, 3.05) is 23.9 Å². The molecule has 0 bridgehead atoms. The maximum Gasteiger partial charge on any atom is 0.335 e. The largest absolute Gasteiger partial charge is 0.508 e. The fourth-order valence-corrected chi connectivity index (χ4v) is 4.41. The zero-order valence-electron chi connectivity index (χ0n) is 21.2. The van der Waals surface area contributed by atoms with Crippen molar-refractivity contribution in [2.45, 2.75) is 13.8 Å². The summed E-state index contributed by atoms with van der Waals surface area (Å²) in [5, 5.41) is 14.5. The van der Waals surface area contributed by atoms with E-state index >= 15 is 0 Å². The Labute approximate surface area is 232 Å². The summed E-state index contributed by atoms with van der Waals surface area (Å²) in [6, 6.07) is 13.2. The molecule has 39 heavy (non-hydrogen) atoms. The number of ether oxygens (including phenoxy) is 2. The first-order chi connectivity index (χ1) is 18.6. The van der Waals surface area contributed by atoms with Crippen LogP contribution in [-0.4, -0.2) is 42.6 Å². The minimum Gasteiger partial charge on any atom is -0.508 e. The smallest absolute Gasteiger partial charge is 0.335 e. The van der Waals surface area contributed by atoms with E-state index in [-0.39, 0.29) is 41.0 Å². The molecule has 0 saturated carbocycles. The number of benzene rings is 3. The third-order valence-electron chi connectivity index (χ3n) is 6.00. The minimum atomic E-state index is -0.908. The molecule has 1 heterocycles. The summed E-state index contributed by atoms with van der Waals surface area (Å²) >= 11 is 3.40. The van der Waals surface area contributed by atoms with Crippen LogP contribution in [-0.2, 0) is 14.4 Å². The lowest BCUT2D eigenvalue weighted by molar-refractivity contribution is -0.122. The molecule has 11 heteroatoms. The van der Waals surface area contributed by atoms with Crippen LogP contribution in [0.4, 0.5) is 16.2 Å². The van der Waals surface area contributed by atoms with Crippen molar-refractivity contribution in [3.8, 4) is 17.2 Å². The number of hydrogen-bond acceptors (Lipinski definition) is 7. The molecule has 5 amide bonds. The van der Waals surface area contributed by atoms with Gasteiger partial charge in [0.25, 0.3) is 17.7 Å². The van der Waals surface area contributed by atoms with Gasteiger partial charge in [0.2, 0.25) is 0 Å². The van der Waals surface area contributed by atoms with Crippen LogP contribution in [0.1, 0.15) is 16.7 Å². The number of methoxy groups -OCH3 is 1. The first-order valence-electron chi connectivity index (χ1n) is 11.7. The Morgan fingerprint density at radius 2 is 1.82 bits per heavy atom. The first kappa shape index (κ1) is 27.4. The maximum atomic E-state index is 13.1. The lowest BCUT2D eigenvalue weighted by Crippen LogP contribution is -2.54. The Hall–Kier alpha value is -4.64. The van der Waals surface area contributed by atoms with E-state index in [1.54, 1.807) is 12.1 Å². The highest BCUT2D eigenvalue weighted by Gasteiger charge is 2.37. The zero-order chi connectivity index (χ0) is 28.3. The minimum absolute atomic E-state index is 0.0440. The molecule has 1 aliphatic rings. The van der Waals surface area contributed by atoms with Gasteiger partial charge in [-0.25, -0.2) is 9.69 Å². The van der Waals surface area contributed by atoms with Gasteiger partial charge in [0, 0.05) is 5.69 Å². The Morgan fingerprint density at radius 3 is 2.51 bits per heavy atom. The van der Waals surface area contributed by atoms with Crippen molar-refractivity contribution >= 4 is 57.1 Å². The molecule has 3 N–H and O–H groups in total. The lowest BCUT2D eigenvalue weighted by Gasteiger charge is -2.26. The lowest BCUT2D eigenvalue weighted by atomic mass is 10.1. The number of imide groups is 2. The SMILES string of the molecule is COc1cc(/C=C2/C(=O)NC(=O)N(c3ccc(O)cc3)C2=O)cc(Br)c1OCC(=O)Nc1cccc(C)c1C. The van der Waals surface area contributed by atoms with E-state index < -0.39 is 17.8 Å². The zero-order valence-corrected chi connectivity index (χ0v) is 22.8. The summed E-state index contributed by atoms with van der Waals surface area (Å²) in [5.41, 5.74) is 2.96. The summed E-state index contributed by atoms with van der Waals surface area (Å²) in [5.74, 6) is -1.63. The van der Waals surface area contributed by atoms with Gasteiger partial charge in [-0.2, -0.15) is 0 Å². The number of phenols is 1. The van der Waals surface area contributed by atoms with Gasteiger partial charge in [0.15, 0.2) is 18.1 Å². The molecule has 3 aromatic carbocycles. The molecule has 0 unspecified atom stereocenters. The number of anilines is 2. The number of carbonyl (C=O) groups is 4. The molecule has 4 rings (SSSR count). The monoisotopic (exact) mass is 593 g/mol. The van der Waals surface area contributed by atoms with Crippen LogP contribution in [0.2, 0.25) is 0 Å². The number of barbiturate groups is 1. The molecular formula is C28H24BrN3O7. The standard InChI is InChI=1S/C28H24BrN3O7/c1-15-5-4-6-22(16(15)2)30-24(34)14-39-25-21(29)12-17(13-23(25)38-3)11-20-26(35)31-28(37)32(27(20)36)18-7-9-19(33)10-8-18/h4-13,33H,14H2,1-3H3,(H,30,34)(H,31,35,37)/b20-11-. The van der Waals surface area contributed by atoms with Crippen molar-refractivity contribution in [1.82, 2.24) is 5.32 Å². The van der Waals surface area contributed by atoms with Crippen molar-refractivity contribution in [2.24, 2.45) is 0 Å². The summed E-state index contributed by atoms with van der Waals surface area (Å²) in [4.78, 5) is 51.3. The van der Waals surface area contributed by atoms with Gasteiger partial charge in [-0.1, -0.05) is 12.1 Å². The van der Waals surface area contributed by atoms with Crippen LogP contribution >= 0.6 is 15.9 Å². The first-order valence-corrected chi connectivity index (χ1v) is 12.4. The number of phenolic OH excluding ortho intramolecular Hbond substituents is 1. The number of aryl methyl sites for hydroxylation is 1. The second-order valence-electron chi connectivity index (χ2n) is 8.59. The van der Waals surface area contributed by atoms with E-state index in [2.05, 4.69) is 26.6 Å².